The molecule has 0 heterocycles. The molecule has 0 spiro atoms. The molecule has 1 N–H and O–H groups in total. The van der Waals surface area contributed by atoms with Gasteiger partial charge in [0.15, 0.2) is 0 Å². The van der Waals surface area contributed by atoms with Crippen molar-refractivity contribution in [3.8, 4) is 0 Å². The van der Waals surface area contributed by atoms with Crippen LogP contribution < -0.4 is 0 Å². The van der Waals surface area contributed by atoms with Gasteiger partial charge in [-0.1, -0.05) is 27.7 Å². The Morgan fingerprint density at radius 3 is 1.31 bits per heavy atom. The number of nitrogens with zero attached hydrogens (tertiary/aromatic N) is 1. The summed E-state index contributed by atoms with van der Waals surface area (Å²) in [6.45, 7) is 10.3. The molecule has 0 atom stereocenters. The van der Waals surface area contributed by atoms with Gasteiger partial charge in [-0.3, -0.25) is 0 Å². The van der Waals surface area contributed by atoms with Crippen molar-refractivity contribution in [3.05, 3.63) is 5.32 Å². The van der Waals surface area contributed by atoms with Gasteiger partial charge in [0.2, 0.25) is 0 Å². The molecular weight excluding hydrogens is 245 g/mol. The fourth-order valence-corrected chi connectivity index (χ4v) is 0.596. The van der Waals surface area contributed by atoms with Gasteiger partial charge in [0.1, 0.15) is 0 Å². The Labute approximate surface area is 99.1 Å². The summed E-state index contributed by atoms with van der Waals surface area (Å²) in [4.78, 5) is 0. The Kier molecular flexibility index (Phi) is 28.7. The van der Waals surface area contributed by atoms with E-state index in [1.165, 1.54) is 0 Å². The van der Waals surface area contributed by atoms with E-state index in [1.54, 1.807) is 6.92 Å². The van der Waals surface area contributed by atoms with Crippen LogP contribution in [-0.4, -0.2) is 23.8 Å². The summed E-state index contributed by atoms with van der Waals surface area (Å²) in [5.74, 6) is 0. The first kappa shape index (κ1) is 19.7. The Morgan fingerprint density at radius 2 is 1.31 bits per heavy atom. The molecule has 0 aromatic rings. The fourth-order valence-electron chi connectivity index (χ4n) is 0.596. The van der Waals surface area contributed by atoms with Gasteiger partial charge >= 0.3 is 35.6 Å². The van der Waals surface area contributed by atoms with Crippen molar-refractivity contribution in [1.82, 2.24) is 0 Å². The molecule has 0 aliphatic carbocycles. The molecule has 0 saturated carbocycles. The summed E-state index contributed by atoms with van der Waals surface area (Å²) in [6.07, 6.45) is 0. The fraction of sp³-hybridized carbons (Fsp3) is 1.00. The summed E-state index contributed by atoms with van der Waals surface area (Å²) in [5.41, 5.74) is 0. The van der Waals surface area contributed by atoms with Crippen molar-refractivity contribution < 1.29 is 22.1 Å². The van der Waals surface area contributed by atoms with Crippen LogP contribution >= 0.6 is 18.6 Å². The van der Waals surface area contributed by atoms with Crippen molar-refractivity contribution in [2.24, 2.45) is 0 Å². The molecule has 0 fully saturated rings. The van der Waals surface area contributed by atoms with E-state index in [-0.39, 0.29) is 6.61 Å². The van der Waals surface area contributed by atoms with Gasteiger partial charge in [0.25, 0.3) is 0 Å². The summed E-state index contributed by atoms with van der Waals surface area (Å²) in [6, 6.07) is 1.000. The molecular formula is C8H20Cl2NOTi-. The number of hydrogen-bond donors (Lipinski definition) is 1. The zero-order valence-corrected chi connectivity index (χ0v) is 12.1. The predicted octanol–water partition coefficient (Wildman–Crippen LogP) is 3.55. The van der Waals surface area contributed by atoms with E-state index in [2.05, 4.69) is 33.0 Å². The molecule has 82 valence electrons. The summed E-state index contributed by atoms with van der Waals surface area (Å²) in [5, 5.41) is 11.8. The molecule has 2 nitrogen and oxygen atoms in total. The molecule has 0 aliphatic rings. The summed E-state index contributed by atoms with van der Waals surface area (Å²) >= 11 is -0.556. The van der Waals surface area contributed by atoms with E-state index in [0.717, 1.165) is 0 Å². The Bertz CT molecular complexity index is 67.2. The topological polar surface area (TPSA) is 34.3 Å². The molecule has 0 rings (SSSR count). The molecule has 0 aromatic carbocycles. The third kappa shape index (κ3) is 61.1. The van der Waals surface area contributed by atoms with Crippen LogP contribution in [0, 0.1) is 0 Å². The average Bonchev–Trinajstić information content (AvgIpc) is 1.86. The molecule has 0 bridgehead atoms. The predicted molar refractivity (Wildman–Crippen MR) is 58.1 cm³/mol. The van der Waals surface area contributed by atoms with E-state index in [1.807, 2.05) is 0 Å². The molecule has 0 aromatic heterocycles. The van der Waals surface area contributed by atoms with Crippen LogP contribution in [0.1, 0.15) is 34.6 Å². The quantitative estimate of drug-likeness (QED) is 0.761. The number of aliphatic hydroxyl groups is 1. The van der Waals surface area contributed by atoms with Crippen LogP contribution in [0.5, 0.6) is 0 Å². The van der Waals surface area contributed by atoms with Crippen molar-refractivity contribution in [2.45, 2.75) is 46.7 Å². The van der Waals surface area contributed by atoms with Gasteiger partial charge in [0.05, 0.1) is 0 Å². The van der Waals surface area contributed by atoms with Gasteiger partial charge in [-0.25, -0.2) is 0 Å². The van der Waals surface area contributed by atoms with Gasteiger partial charge in [-0.2, -0.15) is 0 Å². The molecule has 0 unspecified atom stereocenters. The van der Waals surface area contributed by atoms with Crippen LogP contribution in [0.25, 0.3) is 5.32 Å². The second-order valence-corrected chi connectivity index (χ2v) is 5.30. The van der Waals surface area contributed by atoms with Gasteiger partial charge in [0, 0.05) is 6.61 Å². The van der Waals surface area contributed by atoms with Crippen LogP contribution in [0.3, 0.4) is 0 Å². The van der Waals surface area contributed by atoms with E-state index in [4.69, 9.17) is 23.7 Å². The van der Waals surface area contributed by atoms with Crippen molar-refractivity contribution in [1.29, 1.82) is 0 Å². The maximum absolute atomic E-state index is 7.57. The molecule has 5 heteroatoms. The van der Waals surface area contributed by atoms with Crippen molar-refractivity contribution in [2.75, 3.05) is 6.61 Å². The summed E-state index contributed by atoms with van der Waals surface area (Å²) in [7, 11) is 9.78. The number of rotatable bonds is 2. The number of aliphatic hydroxyl groups excluding tert-OH is 1. The zero-order valence-electron chi connectivity index (χ0n) is 9.01. The normalized spacial score (nSPS) is 8.46. The third-order valence-corrected chi connectivity index (χ3v) is 0.596. The van der Waals surface area contributed by atoms with E-state index in [0.29, 0.717) is 12.1 Å². The molecule has 0 saturated heterocycles. The second-order valence-electron chi connectivity index (χ2n) is 2.72. The van der Waals surface area contributed by atoms with Crippen LogP contribution in [0.2, 0.25) is 0 Å². The summed E-state index contributed by atoms with van der Waals surface area (Å²) < 4.78 is 0. The Hall–Kier alpha value is 1.21. The van der Waals surface area contributed by atoms with E-state index < -0.39 is 17.0 Å². The van der Waals surface area contributed by atoms with Crippen LogP contribution in [0.15, 0.2) is 0 Å². The molecule has 0 radical (unpaired) electrons. The Morgan fingerprint density at radius 1 is 1.15 bits per heavy atom. The van der Waals surface area contributed by atoms with Gasteiger partial charge in [-0.05, 0) is 6.92 Å². The maximum atomic E-state index is 7.57. The zero-order chi connectivity index (χ0) is 11.3. The van der Waals surface area contributed by atoms with Crippen molar-refractivity contribution >= 4 is 18.6 Å². The second kappa shape index (κ2) is 18.9. The monoisotopic (exact) mass is 264 g/mol. The minimum absolute atomic E-state index is 0.250. The minimum atomic E-state index is -0.556. The van der Waals surface area contributed by atoms with Crippen LogP contribution in [-0.2, 0) is 17.0 Å². The molecule has 0 amide bonds. The number of hydrogen-bond acceptors (Lipinski definition) is 1. The van der Waals surface area contributed by atoms with Gasteiger partial charge in [-0.15, -0.1) is 12.1 Å². The first-order chi connectivity index (χ1) is 5.95. The Balaban J connectivity index is -0.000000140. The SMILES string of the molecule is CC(C)[N-]C(C)C.CCO.[Cl][Ti][Cl]. The first-order valence-electron chi connectivity index (χ1n) is 4.23. The van der Waals surface area contributed by atoms with E-state index >= 15 is 0 Å². The number of halogens is 2. The van der Waals surface area contributed by atoms with E-state index in [9.17, 15) is 0 Å². The van der Waals surface area contributed by atoms with Crippen LogP contribution in [0.4, 0.5) is 0 Å². The standard InChI is InChI=1S/C6H14N.C2H6O.2ClH.Ti/c1-5(2)7-6(3)4;1-2-3;;;/h5-6H,1-4H3;3H,2H2,1H3;2*1H;/q-1;;;;+2/p-2. The van der Waals surface area contributed by atoms with Gasteiger partial charge < -0.3 is 10.4 Å². The molecule has 0 aliphatic heterocycles. The van der Waals surface area contributed by atoms with Crippen molar-refractivity contribution in [3.63, 3.8) is 0 Å². The third-order valence-electron chi connectivity index (χ3n) is 0.596. The molecule has 13 heavy (non-hydrogen) atoms. The first-order valence-corrected chi connectivity index (χ1v) is 8.52. The average molecular weight is 265 g/mol.